The highest BCUT2D eigenvalue weighted by Crippen LogP contribution is 2.21. The molecule has 94 valence electrons. The molecule has 0 saturated heterocycles. The zero-order valence-electron chi connectivity index (χ0n) is 11.1. The van der Waals surface area contributed by atoms with E-state index in [0.717, 1.165) is 19.0 Å². The molecule has 0 aromatic heterocycles. The predicted molar refractivity (Wildman–Crippen MR) is 76.4 cm³/mol. The van der Waals surface area contributed by atoms with Gasteiger partial charge in [0.25, 0.3) is 0 Å². The van der Waals surface area contributed by atoms with E-state index < -0.39 is 0 Å². The summed E-state index contributed by atoms with van der Waals surface area (Å²) in [6, 6.07) is 8.86. The second-order valence-electron chi connectivity index (χ2n) is 5.58. The fourth-order valence-corrected chi connectivity index (χ4v) is 2.84. The Kier molecular flexibility index (Phi) is 3.33. The lowest BCUT2D eigenvalue weighted by Gasteiger charge is -2.29. The molecule has 0 spiro atoms. The van der Waals surface area contributed by atoms with E-state index in [-0.39, 0.29) is 0 Å². The van der Waals surface area contributed by atoms with Crippen LogP contribution in [0.4, 0.5) is 0 Å². The molecule has 18 heavy (non-hydrogen) atoms. The van der Waals surface area contributed by atoms with Gasteiger partial charge in [0.1, 0.15) is 0 Å². The lowest BCUT2D eigenvalue weighted by molar-refractivity contribution is 0.277. The first kappa shape index (κ1) is 11.7. The molecule has 0 fully saturated rings. The molecule has 0 amide bonds. The number of allylic oxidation sites excluding steroid dienone is 2. The van der Waals surface area contributed by atoms with Crippen molar-refractivity contribution >= 4 is 0 Å². The van der Waals surface area contributed by atoms with Gasteiger partial charge >= 0.3 is 0 Å². The van der Waals surface area contributed by atoms with Gasteiger partial charge in [0.2, 0.25) is 0 Å². The van der Waals surface area contributed by atoms with E-state index in [0.29, 0.717) is 0 Å². The van der Waals surface area contributed by atoms with Crippen molar-refractivity contribution in [2.75, 3.05) is 13.1 Å². The van der Waals surface area contributed by atoms with E-state index in [9.17, 15) is 0 Å². The fourth-order valence-electron chi connectivity index (χ4n) is 2.84. The Morgan fingerprint density at radius 3 is 2.83 bits per heavy atom. The van der Waals surface area contributed by atoms with Gasteiger partial charge in [0, 0.05) is 19.6 Å². The first-order valence-electron chi connectivity index (χ1n) is 6.97. The molecular formula is C17H21N. The highest BCUT2D eigenvalue weighted by atomic mass is 15.1. The summed E-state index contributed by atoms with van der Waals surface area (Å²) in [5.41, 5.74) is 4.54. The summed E-state index contributed by atoms with van der Waals surface area (Å²) >= 11 is 0. The molecule has 0 N–H and O–H groups in total. The zero-order chi connectivity index (χ0) is 12.4. The van der Waals surface area contributed by atoms with Crippen LogP contribution < -0.4 is 0 Å². The number of hydrogen-bond acceptors (Lipinski definition) is 1. The summed E-state index contributed by atoms with van der Waals surface area (Å²) in [6.45, 7) is 5.69. The van der Waals surface area contributed by atoms with E-state index in [1.165, 1.54) is 36.1 Å². The molecule has 1 heteroatoms. The molecule has 3 rings (SSSR count). The highest BCUT2D eigenvalue weighted by molar-refractivity contribution is 5.30. The Labute approximate surface area is 110 Å². The van der Waals surface area contributed by atoms with E-state index >= 15 is 0 Å². The molecule has 1 aromatic rings. The second kappa shape index (κ2) is 5.11. The van der Waals surface area contributed by atoms with Crippen LogP contribution in [-0.2, 0) is 13.0 Å². The van der Waals surface area contributed by atoms with Crippen molar-refractivity contribution in [2.24, 2.45) is 5.92 Å². The summed E-state index contributed by atoms with van der Waals surface area (Å²) in [4.78, 5) is 2.56. The van der Waals surface area contributed by atoms with Crippen LogP contribution >= 0.6 is 0 Å². The Bertz CT molecular complexity index is 484. The van der Waals surface area contributed by atoms with Crippen LogP contribution in [0, 0.1) is 5.92 Å². The third-order valence-electron chi connectivity index (χ3n) is 4.01. The standard InChI is InChI=1S/C17H21N/c1-14-6-8-15(9-7-14)12-18-11-10-16-4-2-3-5-17(16)13-18/h2-6,8-9,14H,7,10-13H2,1H3. The van der Waals surface area contributed by atoms with Crippen molar-refractivity contribution < 1.29 is 0 Å². The maximum atomic E-state index is 2.56. The largest absolute Gasteiger partial charge is 0.295 e. The number of fused-ring (bicyclic) bond motifs is 1. The average molecular weight is 239 g/mol. The third-order valence-corrected chi connectivity index (χ3v) is 4.01. The molecule has 1 atom stereocenters. The van der Waals surface area contributed by atoms with Gasteiger partial charge in [0.15, 0.2) is 0 Å². The molecular weight excluding hydrogens is 218 g/mol. The first-order chi connectivity index (χ1) is 8.81. The molecule has 1 nitrogen and oxygen atoms in total. The lowest BCUT2D eigenvalue weighted by Crippen LogP contribution is -2.32. The lowest BCUT2D eigenvalue weighted by atomic mass is 9.96. The molecule has 1 heterocycles. The molecule has 0 saturated carbocycles. The summed E-state index contributed by atoms with van der Waals surface area (Å²) < 4.78 is 0. The molecule has 1 unspecified atom stereocenters. The first-order valence-corrected chi connectivity index (χ1v) is 6.97. The number of rotatable bonds is 2. The van der Waals surface area contributed by atoms with E-state index in [1.54, 1.807) is 0 Å². The molecule has 1 aliphatic heterocycles. The molecule has 1 aromatic carbocycles. The van der Waals surface area contributed by atoms with Crippen molar-refractivity contribution in [1.82, 2.24) is 4.90 Å². The van der Waals surface area contributed by atoms with Crippen LogP contribution in [0.1, 0.15) is 24.5 Å². The highest BCUT2D eigenvalue weighted by Gasteiger charge is 2.16. The van der Waals surface area contributed by atoms with Crippen LogP contribution in [0.15, 0.2) is 48.1 Å². The smallest absolute Gasteiger partial charge is 0.0240 e. The zero-order valence-corrected chi connectivity index (χ0v) is 11.1. The van der Waals surface area contributed by atoms with Crippen LogP contribution in [0.25, 0.3) is 0 Å². The van der Waals surface area contributed by atoms with Crippen LogP contribution in [0.3, 0.4) is 0 Å². The van der Waals surface area contributed by atoms with Gasteiger partial charge < -0.3 is 0 Å². The maximum Gasteiger partial charge on any atom is 0.0240 e. The summed E-state index contributed by atoms with van der Waals surface area (Å²) in [5, 5.41) is 0. The molecule has 1 aliphatic carbocycles. The van der Waals surface area contributed by atoms with Gasteiger partial charge in [-0.3, -0.25) is 4.90 Å². The molecule has 0 radical (unpaired) electrons. The normalized spacial score (nSPS) is 23.6. The van der Waals surface area contributed by atoms with Gasteiger partial charge in [0.05, 0.1) is 0 Å². The van der Waals surface area contributed by atoms with Crippen molar-refractivity contribution in [1.29, 1.82) is 0 Å². The minimum absolute atomic E-state index is 0.718. The number of hydrogen-bond donors (Lipinski definition) is 0. The van der Waals surface area contributed by atoms with Crippen molar-refractivity contribution in [3.63, 3.8) is 0 Å². The monoisotopic (exact) mass is 239 g/mol. The van der Waals surface area contributed by atoms with Crippen LogP contribution in [0.5, 0.6) is 0 Å². The molecule has 2 aliphatic rings. The number of nitrogens with zero attached hydrogens (tertiary/aromatic N) is 1. The maximum absolute atomic E-state index is 2.56. The molecule has 0 bridgehead atoms. The summed E-state index contributed by atoms with van der Waals surface area (Å²) in [6.07, 6.45) is 9.47. The van der Waals surface area contributed by atoms with Crippen molar-refractivity contribution in [2.45, 2.75) is 26.3 Å². The van der Waals surface area contributed by atoms with E-state index in [2.05, 4.69) is 54.3 Å². The minimum Gasteiger partial charge on any atom is -0.295 e. The summed E-state index contributed by atoms with van der Waals surface area (Å²) in [5.74, 6) is 0.718. The predicted octanol–water partition coefficient (Wildman–Crippen LogP) is 3.57. The van der Waals surface area contributed by atoms with Crippen molar-refractivity contribution in [3.8, 4) is 0 Å². The topological polar surface area (TPSA) is 3.24 Å². The van der Waals surface area contributed by atoms with Gasteiger partial charge in [-0.25, -0.2) is 0 Å². The van der Waals surface area contributed by atoms with Gasteiger partial charge in [-0.15, -0.1) is 0 Å². The Hall–Kier alpha value is -1.34. The Morgan fingerprint density at radius 1 is 1.22 bits per heavy atom. The van der Waals surface area contributed by atoms with Crippen molar-refractivity contribution in [3.05, 3.63) is 59.2 Å². The quantitative estimate of drug-likeness (QED) is 0.762. The number of benzene rings is 1. The minimum atomic E-state index is 0.718. The van der Waals surface area contributed by atoms with Gasteiger partial charge in [-0.1, -0.05) is 49.4 Å². The Balaban J connectivity index is 1.65. The Morgan fingerprint density at radius 2 is 2.06 bits per heavy atom. The summed E-state index contributed by atoms with van der Waals surface area (Å²) in [7, 11) is 0. The fraction of sp³-hybridized carbons (Fsp3) is 0.412. The average Bonchev–Trinajstić information content (AvgIpc) is 2.41. The van der Waals surface area contributed by atoms with Gasteiger partial charge in [-0.2, -0.15) is 0 Å². The second-order valence-corrected chi connectivity index (χ2v) is 5.58. The van der Waals surface area contributed by atoms with E-state index in [4.69, 9.17) is 0 Å². The third kappa shape index (κ3) is 2.56. The van der Waals surface area contributed by atoms with Crippen LogP contribution in [-0.4, -0.2) is 18.0 Å². The van der Waals surface area contributed by atoms with Gasteiger partial charge in [-0.05, 0) is 35.5 Å². The van der Waals surface area contributed by atoms with E-state index in [1.807, 2.05) is 0 Å². The SMILES string of the molecule is CC1C=CC(CN2CCc3ccccc3C2)=CC1. The van der Waals surface area contributed by atoms with Crippen LogP contribution in [0.2, 0.25) is 0 Å².